The van der Waals surface area contributed by atoms with Crippen LogP contribution in [0.25, 0.3) is 22.2 Å². The number of nitriles is 1. The van der Waals surface area contributed by atoms with E-state index in [1.54, 1.807) is 40.5 Å². The second kappa shape index (κ2) is 9.06. The van der Waals surface area contributed by atoms with Crippen molar-refractivity contribution >= 4 is 22.0 Å². The molecular formula is C25H21N3O4S. The quantitative estimate of drug-likeness (QED) is 0.475. The molecule has 0 saturated carbocycles. The molecule has 2 aromatic heterocycles. The van der Waals surface area contributed by atoms with Crippen LogP contribution in [0.2, 0.25) is 0 Å². The van der Waals surface area contributed by atoms with E-state index in [1.807, 2.05) is 24.3 Å². The monoisotopic (exact) mass is 459 g/mol. The first-order valence-electron chi connectivity index (χ1n) is 10.6. The molecule has 1 N–H and O–H groups in total. The average Bonchev–Trinajstić information content (AvgIpc) is 3.23. The van der Waals surface area contributed by atoms with E-state index in [2.05, 4.69) is 11.1 Å². The molecule has 1 aliphatic rings. The van der Waals surface area contributed by atoms with Crippen LogP contribution in [-0.4, -0.2) is 37.6 Å². The molecule has 7 nitrogen and oxygen atoms in total. The van der Waals surface area contributed by atoms with Crippen LogP contribution < -0.4 is 4.74 Å². The minimum atomic E-state index is -1.53. The first-order valence-corrected chi connectivity index (χ1v) is 11.7. The molecule has 1 unspecified atom stereocenters. The highest BCUT2D eigenvalue weighted by atomic mass is 32.2. The summed E-state index contributed by atoms with van der Waals surface area (Å²) in [6.07, 6.45) is 4.67. The number of fused-ring (bicyclic) bond motifs is 1. The largest absolute Gasteiger partial charge is 0.506 e. The first kappa shape index (κ1) is 21.2. The summed E-state index contributed by atoms with van der Waals surface area (Å²) in [5.41, 5.74) is 2.35. The Hall–Kier alpha value is -3.67. The van der Waals surface area contributed by atoms with Crippen molar-refractivity contribution in [2.45, 2.75) is 23.8 Å². The Kier molecular flexibility index (Phi) is 5.82. The molecule has 0 bridgehead atoms. The normalized spacial score (nSPS) is 15.2. The molecule has 4 aromatic rings. The number of pyridine rings is 1. The fraction of sp³-hybridized carbons (Fsp3) is 0.200. The van der Waals surface area contributed by atoms with E-state index in [0.717, 1.165) is 18.4 Å². The lowest BCUT2D eigenvalue weighted by molar-refractivity contribution is 0.0254. The summed E-state index contributed by atoms with van der Waals surface area (Å²) in [4.78, 5) is 4.96. The van der Waals surface area contributed by atoms with Crippen molar-refractivity contribution in [2.75, 3.05) is 13.2 Å². The van der Waals surface area contributed by atoms with Gasteiger partial charge in [-0.3, -0.25) is 0 Å². The van der Waals surface area contributed by atoms with E-state index in [9.17, 15) is 14.6 Å². The van der Waals surface area contributed by atoms with Gasteiger partial charge in [0.25, 0.3) is 0 Å². The summed E-state index contributed by atoms with van der Waals surface area (Å²) in [6, 6.07) is 18.3. The SMILES string of the molecule is N#Cc1cc(-c2cn(S(=O)c3ccccc3)c3ncc(O)cc23)ccc1OC1CCOCC1. The van der Waals surface area contributed by atoms with Crippen LogP contribution in [0.15, 0.2) is 71.9 Å². The van der Waals surface area contributed by atoms with E-state index in [1.165, 1.54) is 6.20 Å². The molecule has 1 atom stereocenters. The van der Waals surface area contributed by atoms with Gasteiger partial charge in [0.2, 0.25) is 0 Å². The minimum Gasteiger partial charge on any atom is -0.506 e. The molecular weight excluding hydrogens is 438 g/mol. The number of aromatic hydroxyl groups is 1. The minimum absolute atomic E-state index is 0.00645. The van der Waals surface area contributed by atoms with Gasteiger partial charge in [0.05, 0.1) is 29.9 Å². The van der Waals surface area contributed by atoms with Gasteiger partial charge in [-0.2, -0.15) is 5.26 Å². The van der Waals surface area contributed by atoms with Gasteiger partial charge in [-0.15, -0.1) is 0 Å². The van der Waals surface area contributed by atoms with Gasteiger partial charge in [-0.25, -0.2) is 13.2 Å². The number of hydrogen-bond donors (Lipinski definition) is 1. The number of hydrogen-bond acceptors (Lipinski definition) is 6. The van der Waals surface area contributed by atoms with Crippen molar-refractivity contribution in [3.8, 4) is 28.7 Å². The van der Waals surface area contributed by atoms with Crippen LogP contribution in [0.4, 0.5) is 0 Å². The van der Waals surface area contributed by atoms with Crippen LogP contribution in [-0.2, 0) is 15.7 Å². The molecule has 8 heteroatoms. The Bertz CT molecular complexity index is 1370. The zero-order valence-corrected chi connectivity index (χ0v) is 18.5. The maximum Gasteiger partial charge on any atom is 0.158 e. The average molecular weight is 460 g/mol. The highest BCUT2D eigenvalue weighted by Crippen LogP contribution is 2.35. The predicted molar refractivity (Wildman–Crippen MR) is 124 cm³/mol. The first-order chi connectivity index (χ1) is 16.1. The molecule has 3 heterocycles. The third-order valence-corrected chi connectivity index (χ3v) is 6.91. The number of aromatic nitrogens is 2. The van der Waals surface area contributed by atoms with Crippen molar-refractivity contribution < 1.29 is 18.8 Å². The predicted octanol–water partition coefficient (Wildman–Crippen LogP) is 4.41. The van der Waals surface area contributed by atoms with Gasteiger partial charge in [0.15, 0.2) is 16.6 Å². The topological polar surface area (TPSA) is 97.4 Å². The van der Waals surface area contributed by atoms with Crippen LogP contribution in [0.3, 0.4) is 0 Å². The van der Waals surface area contributed by atoms with E-state index in [-0.39, 0.29) is 11.9 Å². The highest BCUT2D eigenvalue weighted by molar-refractivity contribution is 7.83. The van der Waals surface area contributed by atoms with Crippen molar-refractivity contribution in [3.63, 3.8) is 0 Å². The maximum absolute atomic E-state index is 13.3. The number of ether oxygens (including phenoxy) is 2. The fourth-order valence-corrected chi connectivity index (χ4v) is 5.06. The molecule has 1 saturated heterocycles. The summed E-state index contributed by atoms with van der Waals surface area (Å²) in [5.74, 6) is 0.540. The van der Waals surface area contributed by atoms with E-state index < -0.39 is 11.0 Å². The summed E-state index contributed by atoms with van der Waals surface area (Å²) < 4.78 is 26.3. The van der Waals surface area contributed by atoms with Crippen LogP contribution >= 0.6 is 0 Å². The van der Waals surface area contributed by atoms with Crippen LogP contribution in [0, 0.1) is 11.3 Å². The van der Waals surface area contributed by atoms with Gasteiger partial charge in [0, 0.05) is 30.0 Å². The molecule has 166 valence electrons. The lowest BCUT2D eigenvalue weighted by Crippen LogP contribution is -2.26. The van der Waals surface area contributed by atoms with Crippen molar-refractivity contribution in [3.05, 3.63) is 72.6 Å². The molecule has 33 heavy (non-hydrogen) atoms. The van der Waals surface area contributed by atoms with Gasteiger partial charge in [0.1, 0.15) is 23.7 Å². The Balaban J connectivity index is 1.57. The van der Waals surface area contributed by atoms with Gasteiger partial charge < -0.3 is 14.6 Å². The van der Waals surface area contributed by atoms with Gasteiger partial charge in [-0.05, 0) is 35.9 Å². The Morgan fingerprint density at radius 2 is 1.94 bits per heavy atom. The van der Waals surface area contributed by atoms with Crippen molar-refractivity contribution in [2.24, 2.45) is 0 Å². The van der Waals surface area contributed by atoms with Crippen molar-refractivity contribution in [1.82, 2.24) is 8.96 Å². The zero-order valence-electron chi connectivity index (χ0n) is 17.7. The van der Waals surface area contributed by atoms with E-state index >= 15 is 0 Å². The van der Waals surface area contributed by atoms with E-state index in [0.29, 0.717) is 46.0 Å². The number of nitrogens with zero attached hydrogens (tertiary/aromatic N) is 3. The third kappa shape index (κ3) is 4.21. The molecule has 0 spiro atoms. The highest BCUT2D eigenvalue weighted by Gasteiger charge is 2.20. The summed E-state index contributed by atoms with van der Waals surface area (Å²) in [6.45, 7) is 1.30. The molecule has 0 aliphatic carbocycles. The third-order valence-electron chi connectivity index (χ3n) is 5.59. The molecule has 1 aliphatic heterocycles. The molecule has 0 radical (unpaired) electrons. The second-order valence-corrected chi connectivity index (χ2v) is 9.11. The Morgan fingerprint density at radius 1 is 1.15 bits per heavy atom. The van der Waals surface area contributed by atoms with Crippen molar-refractivity contribution in [1.29, 1.82) is 5.26 Å². The lowest BCUT2D eigenvalue weighted by Gasteiger charge is -2.23. The maximum atomic E-state index is 13.3. The van der Waals surface area contributed by atoms with Crippen LogP contribution in [0.1, 0.15) is 18.4 Å². The summed E-state index contributed by atoms with van der Waals surface area (Å²) in [7, 11) is -1.53. The van der Waals surface area contributed by atoms with Crippen LogP contribution in [0.5, 0.6) is 11.5 Å². The fourth-order valence-electron chi connectivity index (χ4n) is 3.94. The number of rotatable bonds is 5. The molecule has 0 amide bonds. The van der Waals surface area contributed by atoms with Gasteiger partial charge >= 0.3 is 0 Å². The molecule has 2 aromatic carbocycles. The summed E-state index contributed by atoms with van der Waals surface area (Å²) in [5, 5.41) is 20.5. The van der Waals surface area contributed by atoms with Gasteiger partial charge in [-0.1, -0.05) is 24.3 Å². The Labute approximate surface area is 193 Å². The zero-order chi connectivity index (χ0) is 22.8. The van der Waals surface area contributed by atoms with E-state index in [4.69, 9.17) is 9.47 Å². The second-order valence-electron chi connectivity index (χ2n) is 7.75. The smallest absolute Gasteiger partial charge is 0.158 e. The standard InChI is InChI=1S/C25H21N3O4S/c26-14-18-12-17(6-7-24(18)32-20-8-10-31-11-9-20)23-16-28(25-22(23)13-19(29)15-27-25)33(30)21-4-2-1-3-5-21/h1-7,12-13,15-16,20,29H,8-11H2. The Morgan fingerprint density at radius 3 is 2.70 bits per heavy atom. The summed E-state index contributed by atoms with van der Waals surface area (Å²) >= 11 is 0. The number of benzene rings is 2. The lowest BCUT2D eigenvalue weighted by atomic mass is 10.0. The molecule has 1 fully saturated rings. The molecule has 5 rings (SSSR count).